The van der Waals surface area contributed by atoms with Gasteiger partial charge in [-0.05, 0) is 37.8 Å². The van der Waals surface area contributed by atoms with Crippen molar-refractivity contribution in [2.24, 2.45) is 0 Å². The zero-order valence-corrected chi connectivity index (χ0v) is 19.1. The molecule has 10 nitrogen and oxygen atoms in total. The van der Waals surface area contributed by atoms with E-state index >= 15 is 0 Å². The maximum absolute atomic E-state index is 14.6. The van der Waals surface area contributed by atoms with Crippen molar-refractivity contribution in [3.05, 3.63) is 35.2 Å². The average molecular weight is 490 g/mol. The first kappa shape index (κ1) is 22.6. The fraction of sp³-hybridized carbons (Fsp3) is 0.455. The summed E-state index contributed by atoms with van der Waals surface area (Å²) in [6, 6.07) is 4.87. The first-order valence-corrected chi connectivity index (χ1v) is 11.7. The van der Waals surface area contributed by atoms with Gasteiger partial charge in [0.25, 0.3) is 0 Å². The van der Waals surface area contributed by atoms with Crippen LogP contribution in [-0.4, -0.2) is 68.0 Å². The Hall–Kier alpha value is -3.18. The predicted octanol–water partition coefficient (Wildman–Crippen LogP) is 4.27. The number of ether oxygens (including phenoxy) is 1. The van der Waals surface area contributed by atoms with Crippen LogP contribution in [0.2, 0.25) is 5.02 Å². The van der Waals surface area contributed by atoms with Gasteiger partial charge in [0, 0.05) is 38.4 Å². The molecular weight excluding hydrogens is 465 g/mol. The fourth-order valence-electron chi connectivity index (χ4n) is 4.46. The van der Waals surface area contributed by atoms with Crippen molar-refractivity contribution >= 4 is 46.4 Å². The quantitative estimate of drug-likeness (QED) is 0.486. The molecule has 0 saturated carbocycles. The van der Waals surface area contributed by atoms with Gasteiger partial charge in [0.1, 0.15) is 5.52 Å². The molecule has 0 aliphatic carbocycles. The van der Waals surface area contributed by atoms with Gasteiger partial charge in [0.05, 0.1) is 16.9 Å². The number of carbonyl (C=O) groups is 1. The minimum Gasteiger partial charge on any atom is -0.465 e. The van der Waals surface area contributed by atoms with E-state index in [2.05, 4.69) is 20.6 Å². The molecule has 3 aromatic rings. The third-order valence-corrected chi connectivity index (χ3v) is 6.58. The Balaban J connectivity index is 1.51. The molecule has 2 saturated heterocycles. The fourth-order valence-corrected chi connectivity index (χ4v) is 4.63. The molecule has 0 radical (unpaired) electrons. The number of amides is 1. The molecule has 3 N–H and O–H groups in total. The van der Waals surface area contributed by atoms with Crippen molar-refractivity contribution in [2.75, 3.05) is 36.9 Å². The van der Waals surface area contributed by atoms with E-state index < -0.39 is 11.9 Å². The highest BCUT2D eigenvalue weighted by Crippen LogP contribution is 2.33. The van der Waals surface area contributed by atoms with E-state index in [1.165, 1.54) is 11.0 Å². The minimum absolute atomic E-state index is 0.00478. The number of imidazole rings is 1. The number of halogens is 2. The second-order valence-corrected chi connectivity index (χ2v) is 8.87. The van der Waals surface area contributed by atoms with E-state index in [-0.39, 0.29) is 22.8 Å². The van der Waals surface area contributed by atoms with Crippen molar-refractivity contribution in [3.63, 3.8) is 0 Å². The van der Waals surface area contributed by atoms with Crippen LogP contribution in [0.5, 0.6) is 0 Å². The Morgan fingerprint density at radius 3 is 2.68 bits per heavy atom. The first-order valence-electron chi connectivity index (χ1n) is 11.3. The van der Waals surface area contributed by atoms with Crippen molar-refractivity contribution in [1.82, 2.24) is 24.4 Å². The molecule has 2 aliphatic rings. The molecule has 2 fully saturated rings. The van der Waals surface area contributed by atoms with E-state index in [0.717, 1.165) is 12.8 Å². The van der Waals surface area contributed by atoms with Gasteiger partial charge >= 0.3 is 6.09 Å². The summed E-state index contributed by atoms with van der Waals surface area (Å²) in [6.07, 6.45) is 3.61. The number of fused-ring (bicyclic) bond motifs is 1. The molecule has 1 amide bonds. The van der Waals surface area contributed by atoms with Crippen molar-refractivity contribution in [2.45, 2.75) is 37.8 Å². The number of rotatable bonds is 5. The molecule has 0 spiro atoms. The van der Waals surface area contributed by atoms with Gasteiger partial charge in [0.2, 0.25) is 11.9 Å². The van der Waals surface area contributed by atoms with Crippen LogP contribution in [0.25, 0.3) is 11.2 Å². The topological polar surface area (TPSA) is 117 Å². The zero-order valence-electron chi connectivity index (χ0n) is 18.4. The lowest BCUT2D eigenvalue weighted by Crippen LogP contribution is -2.38. The summed E-state index contributed by atoms with van der Waals surface area (Å²) in [6.45, 7) is 2.17. The smallest absolute Gasteiger partial charge is 0.407 e. The predicted molar refractivity (Wildman–Crippen MR) is 125 cm³/mol. The molecular formula is C22H25ClFN7O3. The van der Waals surface area contributed by atoms with Crippen LogP contribution < -0.4 is 10.6 Å². The van der Waals surface area contributed by atoms with Crippen LogP contribution in [0.15, 0.2) is 24.4 Å². The van der Waals surface area contributed by atoms with Crippen LogP contribution in [-0.2, 0) is 4.74 Å². The lowest BCUT2D eigenvalue weighted by molar-refractivity contribution is 0.0903. The molecule has 34 heavy (non-hydrogen) atoms. The summed E-state index contributed by atoms with van der Waals surface area (Å²) in [7, 11) is 0. The van der Waals surface area contributed by atoms with Crippen LogP contribution >= 0.6 is 11.6 Å². The lowest BCUT2D eigenvalue weighted by atomic mass is 10.1. The highest BCUT2D eigenvalue weighted by molar-refractivity contribution is 6.31. The summed E-state index contributed by atoms with van der Waals surface area (Å²) < 4.78 is 22.0. The highest BCUT2D eigenvalue weighted by Gasteiger charge is 2.28. The summed E-state index contributed by atoms with van der Waals surface area (Å²) in [5.74, 6) is 0.322. The summed E-state index contributed by atoms with van der Waals surface area (Å²) in [5, 5.41) is 15.8. The Morgan fingerprint density at radius 2 is 1.94 bits per heavy atom. The molecule has 1 aromatic carbocycles. The van der Waals surface area contributed by atoms with Gasteiger partial charge < -0.3 is 25.4 Å². The number of piperidine rings is 1. The molecule has 2 aliphatic heterocycles. The molecule has 12 heteroatoms. The number of aromatic nitrogens is 4. The Labute approximate surface area is 200 Å². The average Bonchev–Trinajstić information content (AvgIpc) is 3.20. The van der Waals surface area contributed by atoms with Crippen LogP contribution in [0.1, 0.15) is 31.7 Å². The molecule has 0 atom stereocenters. The highest BCUT2D eigenvalue weighted by atomic mass is 35.5. The second-order valence-electron chi connectivity index (χ2n) is 8.47. The van der Waals surface area contributed by atoms with Gasteiger partial charge in [-0.25, -0.2) is 19.2 Å². The van der Waals surface area contributed by atoms with Crippen LogP contribution in [0, 0.1) is 5.82 Å². The number of carboxylic acid groups (broad SMARTS) is 1. The summed E-state index contributed by atoms with van der Waals surface area (Å²) in [5.41, 5.74) is 1.35. The van der Waals surface area contributed by atoms with E-state index in [4.69, 9.17) is 21.3 Å². The molecule has 5 rings (SSSR count). The van der Waals surface area contributed by atoms with Crippen molar-refractivity contribution in [3.8, 4) is 0 Å². The van der Waals surface area contributed by atoms with Gasteiger partial charge in [-0.1, -0.05) is 17.7 Å². The Bertz CT molecular complexity index is 1190. The second kappa shape index (κ2) is 9.59. The third-order valence-electron chi connectivity index (χ3n) is 6.29. The van der Waals surface area contributed by atoms with E-state index in [0.29, 0.717) is 62.2 Å². The van der Waals surface area contributed by atoms with Gasteiger partial charge in [-0.15, -0.1) is 0 Å². The number of nitrogens with one attached hydrogen (secondary N) is 2. The largest absolute Gasteiger partial charge is 0.465 e. The number of nitrogens with zero attached hydrogens (tertiary/aromatic N) is 5. The third kappa shape index (κ3) is 4.58. The van der Waals surface area contributed by atoms with E-state index in [9.17, 15) is 14.3 Å². The van der Waals surface area contributed by atoms with Gasteiger partial charge in [-0.3, -0.25) is 4.57 Å². The first-order chi connectivity index (χ1) is 16.5. The molecule has 0 bridgehead atoms. The van der Waals surface area contributed by atoms with Crippen molar-refractivity contribution in [1.29, 1.82) is 0 Å². The maximum Gasteiger partial charge on any atom is 0.407 e. The lowest BCUT2D eigenvalue weighted by Gasteiger charge is -2.31. The number of benzene rings is 1. The number of likely N-dealkylation sites (tertiary alicyclic amines) is 1. The molecule has 4 heterocycles. The molecule has 0 unspecified atom stereocenters. The number of anilines is 3. The zero-order chi connectivity index (χ0) is 23.7. The van der Waals surface area contributed by atoms with Crippen molar-refractivity contribution < 1.29 is 19.0 Å². The Kier molecular flexibility index (Phi) is 6.38. The molecule has 2 aromatic heterocycles. The molecule has 180 valence electrons. The number of hydrogen-bond donors (Lipinski definition) is 3. The maximum atomic E-state index is 14.6. The standard InChI is InChI=1S/C22H25ClFN7O3/c23-15-2-1-3-16(18(15)24)27-21-28-17-12-25-20(26-13-6-10-34-11-7-13)29-19(17)31(21)14-4-8-30(9-5-14)22(32)33/h1-3,12-14H,4-11H2,(H,27,28)(H,32,33)(H,25,26,29). The van der Waals surface area contributed by atoms with Gasteiger partial charge in [0.15, 0.2) is 11.5 Å². The minimum atomic E-state index is -0.932. The van der Waals surface area contributed by atoms with Crippen LogP contribution in [0.3, 0.4) is 0 Å². The van der Waals surface area contributed by atoms with E-state index in [1.807, 2.05) is 4.57 Å². The normalized spacial score (nSPS) is 17.8. The monoisotopic (exact) mass is 489 g/mol. The van der Waals surface area contributed by atoms with Crippen LogP contribution in [0.4, 0.5) is 26.8 Å². The SMILES string of the molecule is O=C(O)N1CCC(n2c(Nc3cccc(Cl)c3F)nc3cnc(NC4CCOCC4)nc32)CC1. The van der Waals surface area contributed by atoms with E-state index in [1.54, 1.807) is 18.3 Å². The Morgan fingerprint density at radius 1 is 1.18 bits per heavy atom. The summed E-state index contributed by atoms with van der Waals surface area (Å²) >= 11 is 5.96. The van der Waals surface area contributed by atoms with Gasteiger partial charge in [-0.2, -0.15) is 4.98 Å². The number of hydrogen-bond acceptors (Lipinski definition) is 7. The summed E-state index contributed by atoms with van der Waals surface area (Å²) in [4.78, 5) is 26.6.